The lowest BCUT2D eigenvalue weighted by atomic mass is 9.95. The molecule has 1 aromatic carbocycles. The lowest BCUT2D eigenvalue weighted by molar-refractivity contribution is -0.124. The molecule has 156 valence electrons. The highest BCUT2D eigenvalue weighted by Crippen LogP contribution is 2.28. The molecule has 2 aromatic rings. The molecule has 1 heterocycles. The van der Waals surface area contributed by atoms with Gasteiger partial charge in [0.25, 0.3) is 5.91 Å². The van der Waals surface area contributed by atoms with Crippen molar-refractivity contribution in [2.75, 3.05) is 18.9 Å². The molecule has 1 aromatic heterocycles. The molecular weight excluding hydrogens is 370 g/mol. The molecule has 1 aliphatic carbocycles. The third-order valence-corrected chi connectivity index (χ3v) is 4.76. The molecule has 1 aliphatic rings. The summed E-state index contributed by atoms with van der Waals surface area (Å²) in [5.41, 5.74) is 7.41. The van der Waals surface area contributed by atoms with Gasteiger partial charge in [-0.05, 0) is 50.5 Å². The highest BCUT2D eigenvalue weighted by molar-refractivity contribution is 5.81. The highest BCUT2D eigenvalue weighted by atomic mass is 16.5. The molecule has 3 N–H and O–H groups in total. The van der Waals surface area contributed by atoms with Gasteiger partial charge in [0.15, 0.2) is 18.1 Å². The molecule has 1 amide bonds. The number of aryl methyl sites for hydroxylation is 1. The van der Waals surface area contributed by atoms with Crippen LogP contribution in [0.4, 0.5) is 5.95 Å². The van der Waals surface area contributed by atoms with Crippen molar-refractivity contribution in [3.05, 3.63) is 35.7 Å². The van der Waals surface area contributed by atoms with E-state index < -0.39 is 0 Å². The van der Waals surface area contributed by atoms with Gasteiger partial charge in [0.2, 0.25) is 5.95 Å². The Morgan fingerprint density at radius 1 is 1.31 bits per heavy atom. The van der Waals surface area contributed by atoms with Gasteiger partial charge in [-0.3, -0.25) is 4.79 Å². The summed E-state index contributed by atoms with van der Waals surface area (Å²) in [6, 6.07) is 5.72. The fraction of sp³-hybridized carbons (Fsp3) is 0.476. The zero-order valence-electron chi connectivity index (χ0n) is 17.1. The molecule has 0 bridgehead atoms. The van der Waals surface area contributed by atoms with Gasteiger partial charge in [-0.25, -0.2) is 9.66 Å². The van der Waals surface area contributed by atoms with Gasteiger partial charge < -0.3 is 20.5 Å². The molecule has 0 unspecified atom stereocenters. The first-order chi connectivity index (χ1) is 14.0. The number of nitrogens with zero attached hydrogens (tertiary/aromatic N) is 3. The Morgan fingerprint density at radius 2 is 2.10 bits per heavy atom. The molecule has 1 saturated carbocycles. The summed E-state index contributed by atoms with van der Waals surface area (Å²) in [7, 11) is 0. The molecule has 29 heavy (non-hydrogen) atoms. The van der Waals surface area contributed by atoms with Crippen LogP contribution in [0.1, 0.15) is 50.3 Å². The summed E-state index contributed by atoms with van der Waals surface area (Å²) in [4.78, 5) is 16.3. The van der Waals surface area contributed by atoms with Crippen molar-refractivity contribution in [2.24, 2.45) is 5.10 Å². The average Bonchev–Trinajstić information content (AvgIpc) is 3.03. The van der Waals surface area contributed by atoms with Crippen molar-refractivity contribution in [2.45, 2.75) is 52.0 Å². The van der Waals surface area contributed by atoms with Crippen LogP contribution in [0.3, 0.4) is 0 Å². The molecule has 0 aliphatic heterocycles. The number of benzene rings is 1. The Balaban J connectivity index is 1.62. The summed E-state index contributed by atoms with van der Waals surface area (Å²) in [5, 5.41) is 7.36. The second-order valence-electron chi connectivity index (χ2n) is 7.16. The zero-order valence-corrected chi connectivity index (χ0v) is 17.1. The summed E-state index contributed by atoms with van der Waals surface area (Å²) in [5.74, 6) is 1.32. The number of anilines is 1. The Bertz CT molecular complexity index is 856. The summed E-state index contributed by atoms with van der Waals surface area (Å²) < 4.78 is 12.9. The molecular formula is C21H29N5O3. The van der Waals surface area contributed by atoms with E-state index in [2.05, 4.69) is 15.4 Å². The maximum Gasteiger partial charge on any atom is 0.258 e. The van der Waals surface area contributed by atoms with E-state index >= 15 is 0 Å². The van der Waals surface area contributed by atoms with Crippen molar-refractivity contribution in [3.63, 3.8) is 0 Å². The van der Waals surface area contributed by atoms with Crippen molar-refractivity contribution >= 4 is 18.1 Å². The lowest BCUT2D eigenvalue weighted by Gasteiger charge is -2.22. The SMILES string of the molecule is CCOc1cc(C=Nn2cc(C)nc2N)ccc1OCC(=O)NC1CCCCC1. The average molecular weight is 399 g/mol. The third-order valence-electron chi connectivity index (χ3n) is 4.76. The van der Waals surface area contributed by atoms with Gasteiger partial charge in [-0.15, -0.1) is 0 Å². The van der Waals surface area contributed by atoms with Crippen LogP contribution in [0, 0.1) is 6.92 Å². The van der Waals surface area contributed by atoms with Crippen LogP contribution in [0.25, 0.3) is 0 Å². The van der Waals surface area contributed by atoms with E-state index in [1.165, 1.54) is 23.9 Å². The number of carbonyl (C=O) groups excluding carboxylic acids is 1. The molecule has 0 radical (unpaired) electrons. The number of nitrogens with two attached hydrogens (primary N) is 1. The largest absolute Gasteiger partial charge is 0.490 e. The van der Waals surface area contributed by atoms with E-state index in [1.54, 1.807) is 18.5 Å². The van der Waals surface area contributed by atoms with Crippen LogP contribution in [0.2, 0.25) is 0 Å². The summed E-state index contributed by atoms with van der Waals surface area (Å²) in [6.45, 7) is 4.20. The van der Waals surface area contributed by atoms with Crippen LogP contribution in [-0.2, 0) is 4.79 Å². The third kappa shape index (κ3) is 5.97. The van der Waals surface area contributed by atoms with E-state index in [4.69, 9.17) is 15.2 Å². The Hall–Kier alpha value is -3.03. The first kappa shape index (κ1) is 20.7. The highest BCUT2D eigenvalue weighted by Gasteiger charge is 2.16. The normalized spacial score (nSPS) is 14.8. The monoisotopic (exact) mass is 399 g/mol. The van der Waals surface area contributed by atoms with Crippen molar-refractivity contribution in [1.29, 1.82) is 0 Å². The lowest BCUT2D eigenvalue weighted by Crippen LogP contribution is -2.39. The van der Waals surface area contributed by atoms with Crippen LogP contribution in [0.15, 0.2) is 29.5 Å². The van der Waals surface area contributed by atoms with Gasteiger partial charge >= 0.3 is 0 Å². The van der Waals surface area contributed by atoms with E-state index in [9.17, 15) is 4.79 Å². The van der Waals surface area contributed by atoms with E-state index in [0.29, 0.717) is 24.1 Å². The van der Waals surface area contributed by atoms with Gasteiger partial charge in [-0.2, -0.15) is 5.10 Å². The molecule has 3 rings (SSSR count). The van der Waals surface area contributed by atoms with Crippen molar-refractivity contribution < 1.29 is 14.3 Å². The number of nitrogen functional groups attached to an aromatic ring is 1. The minimum atomic E-state index is -0.101. The van der Waals surface area contributed by atoms with Crippen LogP contribution < -0.4 is 20.5 Å². The van der Waals surface area contributed by atoms with Crippen LogP contribution in [-0.4, -0.2) is 41.0 Å². The van der Waals surface area contributed by atoms with E-state index in [1.807, 2.05) is 26.0 Å². The smallest absolute Gasteiger partial charge is 0.258 e. The Kier molecular flexibility index (Phi) is 7.10. The van der Waals surface area contributed by atoms with Gasteiger partial charge in [-0.1, -0.05) is 19.3 Å². The Morgan fingerprint density at radius 3 is 2.79 bits per heavy atom. The predicted octanol–water partition coefficient (Wildman–Crippen LogP) is 2.88. The molecule has 0 atom stereocenters. The minimum Gasteiger partial charge on any atom is -0.490 e. The molecule has 0 saturated heterocycles. The number of amides is 1. The van der Waals surface area contributed by atoms with Crippen molar-refractivity contribution in [3.8, 4) is 11.5 Å². The first-order valence-electron chi connectivity index (χ1n) is 10.1. The number of carbonyl (C=O) groups is 1. The van der Waals surface area contributed by atoms with Gasteiger partial charge in [0.1, 0.15) is 0 Å². The van der Waals surface area contributed by atoms with Crippen molar-refractivity contribution in [1.82, 2.24) is 15.0 Å². The molecule has 1 fully saturated rings. The molecule has 8 heteroatoms. The molecule has 8 nitrogen and oxygen atoms in total. The minimum absolute atomic E-state index is 0.0329. The van der Waals surface area contributed by atoms with Crippen LogP contribution >= 0.6 is 0 Å². The first-order valence-corrected chi connectivity index (χ1v) is 10.1. The van der Waals surface area contributed by atoms with E-state index in [0.717, 1.165) is 24.1 Å². The predicted molar refractivity (Wildman–Crippen MR) is 112 cm³/mol. The summed E-state index contributed by atoms with van der Waals surface area (Å²) >= 11 is 0. The second kappa shape index (κ2) is 9.95. The molecule has 0 spiro atoms. The van der Waals surface area contributed by atoms with Gasteiger partial charge in [0, 0.05) is 6.04 Å². The quantitative estimate of drug-likeness (QED) is 0.664. The number of hydrogen-bond acceptors (Lipinski definition) is 6. The van der Waals surface area contributed by atoms with Gasteiger partial charge in [0.05, 0.1) is 24.7 Å². The Labute approximate surface area is 171 Å². The number of imidazole rings is 1. The number of nitrogens with one attached hydrogen (secondary N) is 1. The second-order valence-corrected chi connectivity index (χ2v) is 7.16. The number of rotatable bonds is 8. The number of hydrogen-bond donors (Lipinski definition) is 2. The van der Waals surface area contributed by atoms with E-state index in [-0.39, 0.29) is 18.6 Å². The maximum absolute atomic E-state index is 12.2. The standard InChI is InChI=1S/C21H29N5O3/c1-3-28-19-11-16(12-23-26-13-15(2)24-21(26)22)9-10-18(19)29-14-20(27)25-17-7-5-4-6-8-17/h9-13,17H,3-8,14H2,1-2H3,(H2,22,24)(H,25,27). The number of aromatic nitrogens is 2. The topological polar surface area (TPSA) is 104 Å². The fourth-order valence-corrected chi connectivity index (χ4v) is 3.38. The zero-order chi connectivity index (χ0) is 20.6. The fourth-order valence-electron chi connectivity index (χ4n) is 3.38. The van der Waals surface area contributed by atoms with Crippen LogP contribution in [0.5, 0.6) is 11.5 Å². The summed E-state index contributed by atoms with van der Waals surface area (Å²) in [6.07, 6.45) is 9.11. The number of ether oxygens (including phenoxy) is 2. The maximum atomic E-state index is 12.2.